The summed E-state index contributed by atoms with van der Waals surface area (Å²) in [6, 6.07) is -0.285. The van der Waals surface area contributed by atoms with Gasteiger partial charge in [0, 0.05) is 6.42 Å². The highest BCUT2D eigenvalue weighted by atomic mass is 16.2. The largest absolute Gasteiger partial charge is 0.346 e. The van der Waals surface area contributed by atoms with Gasteiger partial charge in [0.1, 0.15) is 0 Å². The Morgan fingerprint density at radius 3 is 2.25 bits per heavy atom. The number of amides is 1. The van der Waals surface area contributed by atoms with Crippen molar-refractivity contribution in [1.82, 2.24) is 5.32 Å². The Kier molecular flexibility index (Phi) is 7.86. The van der Waals surface area contributed by atoms with E-state index >= 15 is 0 Å². The van der Waals surface area contributed by atoms with Crippen molar-refractivity contribution in [1.29, 1.82) is 0 Å². The summed E-state index contributed by atoms with van der Waals surface area (Å²) < 4.78 is 0. The van der Waals surface area contributed by atoms with Crippen LogP contribution in [0.5, 0.6) is 0 Å². The van der Waals surface area contributed by atoms with E-state index in [-0.39, 0.29) is 17.7 Å². The third-order valence-electron chi connectivity index (χ3n) is 2.62. The first-order valence-corrected chi connectivity index (χ1v) is 6.27. The van der Waals surface area contributed by atoms with Crippen LogP contribution in [0.25, 0.3) is 0 Å². The molecule has 94 valence electrons. The molecule has 0 saturated heterocycles. The van der Waals surface area contributed by atoms with Crippen molar-refractivity contribution in [3.63, 3.8) is 0 Å². The highest BCUT2D eigenvalue weighted by Gasteiger charge is 2.16. The molecule has 0 aromatic heterocycles. The summed E-state index contributed by atoms with van der Waals surface area (Å²) in [6.45, 7) is 7.84. The molecule has 0 rings (SSSR count). The van der Waals surface area contributed by atoms with E-state index in [1.54, 1.807) is 6.92 Å². The molecule has 1 unspecified atom stereocenters. The molecular weight excluding hydrogens is 202 g/mol. The lowest BCUT2D eigenvalue weighted by atomic mass is 10.0. The van der Waals surface area contributed by atoms with Gasteiger partial charge in [0.15, 0.2) is 5.78 Å². The molecule has 0 spiro atoms. The van der Waals surface area contributed by atoms with Gasteiger partial charge in [-0.1, -0.05) is 27.2 Å². The molecule has 16 heavy (non-hydrogen) atoms. The van der Waals surface area contributed by atoms with E-state index in [1.165, 1.54) is 0 Å². The second-order valence-electron chi connectivity index (χ2n) is 4.81. The van der Waals surface area contributed by atoms with Gasteiger partial charge in [-0.25, -0.2) is 0 Å². The van der Waals surface area contributed by atoms with Gasteiger partial charge in [0.25, 0.3) is 0 Å². The van der Waals surface area contributed by atoms with E-state index in [4.69, 9.17) is 0 Å². The maximum atomic E-state index is 11.5. The Labute approximate surface area is 99.0 Å². The maximum Gasteiger partial charge on any atom is 0.220 e. The second-order valence-corrected chi connectivity index (χ2v) is 4.81. The fourth-order valence-electron chi connectivity index (χ4n) is 1.48. The molecule has 0 aliphatic heterocycles. The quantitative estimate of drug-likeness (QED) is 0.693. The van der Waals surface area contributed by atoms with Crippen LogP contribution in [0.2, 0.25) is 0 Å². The minimum Gasteiger partial charge on any atom is -0.346 e. The standard InChI is InChI=1S/C13H25NO2/c1-5-6-7-13(16)14-12(11(4)15)9-8-10(2)3/h10,12H,5-9H2,1-4H3,(H,14,16). The van der Waals surface area contributed by atoms with Gasteiger partial charge in [-0.3, -0.25) is 9.59 Å². The van der Waals surface area contributed by atoms with Crippen LogP contribution in [0.15, 0.2) is 0 Å². The number of ketones is 1. The smallest absolute Gasteiger partial charge is 0.220 e. The molecule has 1 N–H and O–H groups in total. The van der Waals surface area contributed by atoms with E-state index in [0.717, 1.165) is 25.7 Å². The van der Waals surface area contributed by atoms with E-state index in [1.807, 2.05) is 0 Å². The first-order valence-electron chi connectivity index (χ1n) is 6.27. The van der Waals surface area contributed by atoms with Crippen molar-refractivity contribution in [3.8, 4) is 0 Å². The summed E-state index contributed by atoms with van der Waals surface area (Å²) in [4.78, 5) is 22.8. The summed E-state index contributed by atoms with van der Waals surface area (Å²) in [6.07, 6.45) is 4.15. The van der Waals surface area contributed by atoms with Gasteiger partial charge in [-0.2, -0.15) is 0 Å². The molecule has 0 bridgehead atoms. The fourth-order valence-corrected chi connectivity index (χ4v) is 1.48. The lowest BCUT2D eigenvalue weighted by molar-refractivity contribution is -0.127. The zero-order valence-electron chi connectivity index (χ0n) is 11.0. The first kappa shape index (κ1) is 15.1. The van der Waals surface area contributed by atoms with Crippen LogP contribution in [0.4, 0.5) is 0 Å². The summed E-state index contributed by atoms with van der Waals surface area (Å²) in [5, 5.41) is 2.82. The van der Waals surface area contributed by atoms with Crippen LogP contribution in [0, 0.1) is 5.92 Å². The summed E-state index contributed by atoms with van der Waals surface area (Å²) >= 11 is 0. The molecule has 1 atom stereocenters. The topological polar surface area (TPSA) is 46.2 Å². The van der Waals surface area contributed by atoms with Crippen LogP contribution in [0.3, 0.4) is 0 Å². The molecule has 0 aliphatic rings. The van der Waals surface area contributed by atoms with Gasteiger partial charge in [-0.15, -0.1) is 0 Å². The van der Waals surface area contributed by atoms with Crippen molar-refractivity contribution in [2.75, 3.05) is 0 Å². The number of hydrogen-bond donors (Lipinski definition) is 1. The van der Waals surface area contributed by atoms with Crippen LogP contribution in [-0.4, -0.2) is 17.7 Å². The molecular formula is C13H25NO2. The predicted octanol–water partition coefficient (Wildman–Crippen LogP) is 2.69. The highest BCUT2D eigenvalue weighted by molar-refractivity contribution is 5.87. The third kappa shape index (κ3) is 7.43. The molecule has 0 saturated carbocycles. The number of carbonyl (C=O) groups is 2. The van der Waals surface area contributed by atoms with Crippen molar-refractivity contribution < 1.29 is 9.59 Å². The fraction of sp³-hybridized carbons (Fsp3) is 0.846. The Morgan fingerprint density at radius 2 is 1.81 bits per heavy atom. The molecule has 0 radical (unpaired) electrons. The average molecular weight is 227 g/mol. The van der Waals surface area contributed by atoms with E-state index < -0.39 is 0 Å². The molecule has 3 heteroatoms. The molecule has 3 nitrogen and oxygen atoms in total. The minimum atomic E-state index is -0.285. The van der Waals surface area contributed by atoms with Crippen LogP contribution < -0.4 is 5.32 Å². The molecule has 0 heterocycles. The number of hydrogen-bond acceptors (Lipinski definition) is 2. The van der Waals surface area contributed by atoms with E-state index in [0.29, 0.717) is 12.3 Å². The van der Waals surface area contributed by atoms with Gasteiger partial charge >= 0.3 is 0 Å². The lowest BCUT2D eigenvalue weighted by Gasteiger charge is -2.16. The molecule has 1 amide bonds. The van der Waals surface area contributed by atoms with E-state index in [9.17, 15) is 9.59 Å². The molecule has 0 fully saturated rings. The van der Waals surface area contributed by atoms with Crippen LogP contribution in [-0.2, 0) is 9.59 Å². The van der Waals surface area contributed by atoms with E-state index in [2.05, 4.69) is 26.1 Å². The maximum absolute atomic E-state index is 11.5. The average Bonchev–Trinajstić information content (AvgIpc) is 2.20. The monoisotopic (exact) mass is 227 g/mol. The molecule has 0 aliphatic carbocycles. The predicted molar refractivity (Wildman–Crippen MR) is 66.2 cm³/mol. The SMILES string of the molecule is CCCCC(=O)NC(CCC(C)C)C(C)=O. The van der Waals surface area contributed by atoms with Crippen molar-refractivity contribution in [2.24, 2.45) is 5.92 Å². The van der Waals surface area contributed by atoms with Crippen LogP contribution in [0.1, 0.15) is 59.8 Å². The first-order chi connectivity index (χ1) is 7.47. The number of rotatable bonds is 8. The number of unbranched alkanes of at least 4 members (excludes halogenated alkanes) is 1. The zero-order chi connectivity index (χ0) is 12.6. The van der Waals surface area contributed by atoms with Crippen molar-refractivity contribution in [3.05, 3.63) is 0 Å². The zero-order valence-corrected chi connectivity index (χ0v) is 11.0. The third-order valence-corrected chi connectivity index (χ3v) is 2.62. The Hall–Kier alpha value is -0.860. The highest BCUT2D eigenvalue weighted by Crippen LogP contribution is 2.08. The Balaban J connectivity index is 4.02. The van der Waals surface area contributed by atoms with Gasteiger partial charge in [0.05, 0.1) is 6.04 Å². The van der Waals surface area contributed by atoms with Crippen molar-refractivity contribution >= 4 is 11.7 Å². The molecule has 0 aromatic rings. The Bertz CT molecular complexity index is 224. The number of nitrogens with one attached hydrogen (secondary N) is 1. The lowest BCUT2D eigenvalue weighted by Crippen LogP contribution is -2.39. The van der Waals surface area contributed by atoms with Crippen LogP contribution >= 0.6 is 0 Å². The summed E-state index contributed by atoms with van der Waals surface area (Å²) in [5.41, 5.74) is 0. The second kappa shape index (κ2) is 8.31. The number of carbonyl (C=O) groups excluding carboxylic acids is 2. The van der Waals surface area contributed by atoms with Gasteiger partial charge in [-0.05, 0) is 32.1 Å². The molecule has 0 aromatic carbocycles. The van der Waals surface area contributed by atoms with Crippen molar-refractivity contribution in [2.45, 2.75) is 65.8 Å². The van der Waals surface area contributed by atoms with Gasteiger partial charge in [0.2, 0.25) is 5.91 Å². The Morgan fingerprint density at radius 1 is 1.19 bits per heavy atom. The number of Topliss-reactive ketones (excluding diaryl/α,β-unsaturated/α-hetero) is 1. The normalized spacial score (nSPS) is 12.6. The van der Waals surface area contributed by atoms with Gasteiger partial charge < -0.3 is 5.32 Å². The summed E-state index contributed by atoms with van der Waals surface area (Å²) in [7, 11) is 0. The summed E-state index contributed by atoms with van der Waals surface area (Å²) in [5.74, 6) is 0.630. The minimum absolute atomic E-state index is 0.00538.